The highest BCUT2D eigenvalue weighted by atomic mass is 32.2. The molecule has 1 N–H and O–H groups in total. The summed E-state index contributed by atoms with van der Waals surface area (Å²) in [4.78, 5) is 15.9. The molecule has 0 saturated heterocycles. The summed E-state index contributed by atoms with van der Waals surface area (Å²) in [5, 5.41) is 19.2. The number of aromatic carboxylic acids is 1. The Balaban J connectivity index is 2.13. The van der Waals surface area contributed by atoms with Crippen molar-refractivity contribution in [2.45, 2.75) is 17.1 Å². The number of fused-ring (bicyclic) bond motifs is 1. The molecule has 0 aliphatic carbocycles. The maximum absolute atomic E-state index is 11.4. The van der Waals surface area contributed by atoms with Crippen molar-refractivity contribution in [2.75, 3.05) is 0 Å². The van der Waals surface area contributed by atoms with E-state index in [1.165, 1.54) is 11.8 Å². The van der Waals surface area contributed by atoms with Crippen LogP contribution < -0.4 is 0 Å². The zero-order valence-corrected chi connectivity index (χ0v) is 12.3. The first-order valence-electron chi connectivity index (χ1n) is 6.23. The van der Waals surface area contributed by atoms with Crippen LogP contribution in [0.5, 0.6) is 0 Å². The zero-order valence-electron chi connectivity index (χ0n) is 11.4. The van der Waals surface area contributed by atoms with Crippen LogP contribution in [0.4, 0.5) is 0 Å². The number of hydrogen-bond acceptors (Lipinski definition) is 5. The van der Waals surface area contributed by atoms with Gasteiger partial charge in [0.15, 0.2) is 5.16 Å². The molecule has 0 radical (unpaired) electrons. The molecule has 0 unspecified atom stereocenters. The van der Waals surface area contributed by atoms with E-state index in [9.17, 15) is 9.90 Å². The largest absolute Gasteiger partial charge is 0.478 e. The summed E-state index contributed by atoms with van der Waals surface area (Å²) in [6.45, 7) is 1.84. The van der Waals surface area contributed by atoms with Crippen molar-refractivity contribution < 1.29 is 9.90 Å². The van der Waals surface area contributed by atoms with Gasteiger partial charge in [-0.15, -0.1) is 10.2 Å². The van der Waals surface area contributed by atoms with Crippen molar-refractivity contribution in [1.82, 2.24) is 19.7 Å². The monoisotopic (exact) mass is 300 g/mol. The summed E-state index contributed by atoms with van der Waals surface area (Å²) in [5.74, 6) is -0.246. The summed E-state index contributed by atoms with van der Waals surface area (Å²) in [6, 6.07) is 9.06. The van der Waals surface area contributed by atoms with Gasteiger partial charge in [-0.3, -0.25) is 0 Å². The van der Waals surface area contributed by atoms with Crippen LogP contribution in [-0.2, 0) is 7.05 Å². The maximum Gasteiger partial charge on any atom is 0.338 e. The van der Waals surface area contributed by atoms with Crippen molar-refractivity contribution in [3.8, 4) is 0 Å². The molecule has 7 heteroatoms. The number of carboxylic acid groups (broad SMARTS) is 1. The molecule has 106 valence electrons. The van der Waals surface area contributed by atoms with Crippen LogP contribution in [0.25, 0.3) is 10.9 Å². The van der Waals surface area contributed by atoms with Gasteiger partial charge in [0.2, 0.25) is 0 Å². The second-order valence-electron chi connectivity index (χ2n) is 4.53. The topological polar surface area (TPSA) is 80.9 Å². The number of benzene rings is 1. The number of pyridine rings is 1. The van der Waals surface area contributed by atoms with Gasteiger partial charge in [0.05, 0.1) is 11.1 Å². The Kier molecular flexibility index (Phi) is 3.34. The summed E-state index contributed by atoms with van der Waals surface area (Å²) in [7, 11) is 1.83. The highest BCUT2D eigenvalue weighted by molar-refractivity contribution is 7.99. The lowest BCUT2D eigenvalue weighted by atomic mass is 10.1. The van der Waals surface area contributed by atoms with E-state index in [0.717, 1.165) is 16.7 Å². The third-order valence-corrected chi connectivity index (χ3v) is 4.20. The number of aromatic nitrogens is 4. The molecule has 2 aromatic heterocycles. The van der Waals surface area contributed by atoms with Gasteiger partial charge in [-0.05, 0) is 30.8 Å². The number of carboxylic acids is 1. The highest BCUT2D eigenvalue weighted by Crippen LogP contribution is 2.30. The Bertz CT molecular complexity index is 844. The van der Waals surface area contributed by atoms with E-state index in [2.05, 4.69) is 15.2 Å². The molecule has 1 aromatic carbocycles. The first kappa shape index (κ1) is 13.6. The highest BCUT2D eigenvalue weighted by Gasteiger charge is 2.17. The van der Waals surface area contributed by atoms with E-state index >= 15 is 0 Å². The standard InChI is InChI=1S/C14H12N4O2S/c1-8-16-17-14(18(8)2)21-12-10(13(19)20)7-9-5-3-4-6-11(9)15-12/h3-7H,1-2H3,(H,19,20). The molecule has 6 nitrogen and oxygen atoms in total. The molecule has 0 bridgehead atoms. The number of carbonyl (C=O) groups is 1. The summed E-state index contributed by atoms with van der Waals surface area (Å²) in [5.41, 5.74) is 0.920. The summed E-state index contributed by atoms with van der Waals surface area (Å²) >= 11 is 1.20. The summed E-state index contributed by atoms with van der Waals surface area (Å²) < 4.78 is 1.80. The first-order valence-corrected chi connectivity index (χ1v) is 7.05. The molecule has 3 rings (SSSR count). The van der Waals surface area contributed by atoms with Gasteiger partial charge in [0.1, 0.15) is 10.9 Å². The van der Waals surface area contributed by atoms with Gasteiger partial charge >= 0.3 is 5.97 Å². The number of aryl methyl sites for hydroxylation is 1. The van der Waals surface area contributed by atoms with E-state index < -0.39 is 5.97 Å². The van der Waals surface area contributed by atoms with Crippen LogP contribution >= 0.6 is 11.8 Å². The average molecular weight is 300 g/mol. The first-order chi connectivity index (χ1) is 10.1. The number of para-hydroxylation sites is 1. The molecular weight excluding hydrogens is 288 g/mol. The van der Waals surface area contributed by atoms with Crippen LogP contribution in [0.2, 0.25) is 0 Å². The van der Waals surface area contributed by atoms with Gasteiger partial charge in [-0.25, -0.2) is 9.78 Å². The molecule has 0 fully saturated rings. The maximum atomic E-state index is 11.4. The average Bonchev–Trinajstić information content (AvgIpc) is 2.78. The predicted octanol–water partition coefficient (Wildman–Crippen LogP) is 2.52. The Morgan fingerprint density at radius 1 is 1.29 bits per heavy atom. The van der Waals surface area contributed by atoms with Crippen molar-refractivity contribution in [3.05, 3.63) is 41.7 Å². The van der Waals surface area contributed by atoms with Crippen molar-refractivity contribution in [2.24, 2.45) is 7.05 Å². The molecule has 2 heterocycles. The molecule has 0 atom stereocenters. The lowest BCUT2D eigenvalue weighted by Gasteiger charge is -2.07. The van der Waals surface area contributed by atoms with E-state index in [-0.39, 0.29) is 5.56 Å². The van der Waals surface area contributed by atoms with Crippen LogP contribution in [0.15, 0.2) is 40.5 Å². The van der Waals surface area contributed by atoms with Gasteiger partial charge in [0, 0.05) is 12.4 Å². The van der Waals surface area contributed by atoms with Gasteiger partial charge in [-0.1, -0.05) is 18.2 Å². The van der Waals surface area contributed by atoms with Crippen molar-refractivity contribution in [3.63, 3.8) is 0 Å². The Morgan fingerprint density at radius 3 is 2.71 bits per heavy atom. The fraction of sp³-hybridized carbons (Fsp3) is 0.143. The zero-order chi connectivity index (χ0) is 15.0. The Labute approximate surface area is 124 Å². The fourth-order valence-corrected chi connectivity index (χ4v) is 2.82. The molecule has 0 spiro atoms. The smallest absolute Gasteiger partial charge is 0.338 e. The second kappa shape index (κ2) is 5.17. The van der Waals surface area contributed by atoms with E-state index in [1.807, 2.05) is 38.2 Å². The Hall–Kier alpha value is -2.41. The third kappa shape index (κ3) is 2.47. The predicted molar refractivity (Wildman–Crippen MR) is 78.6 cm³/mol. The van der Waals surface area contributed by atoms with Crippen molar-refractivity contribution >= 4 is 28.6 Å². The summed E-state index contributed by atoms with van der Waals surface area (Å²) in [6.07, 6.45) is 0. The SMILES string of the molecule is Cc1nnc(Sc2nc3ccccc3cc2C(=O)O)n1C. The molecular formula is C14H12N4O2S. The lowest BCUT2D eigenvalue weighted by Crippen LogP contribution is -2.02. The van der Waals surface area contributed by atoms with Crippen LogP contribution in [0, 0.1) is 6.92 Å². The number of rotatable bonds is 3. The molecule has 0 amide bonds. The van der Waals surface area contributed by atoms with Crippen molar-refractivity contribution in [1.29, 1.82) is 0 Å². The number of hydrogen-bond donors (Lipinski definition) is 1. The third-order valence-electron chi connectivity index (χ3n) is 3.16. The minimum Gasteiger partial charge on any atom is -0.478 e. The Morgan fingerprint density at radius 2 is 2.05 bits per heavy atom. The molecule has 0 aliphatic heterocycles. The second-order valence-corrected chi connectivity index (χ2v) is 5.49. The van der Waals surface area contributed by atoms with Gasteiger partial charge in [0.25, 0.3) is 0 Å². The van der Waals surface area contributed by atoms with Gasteiger partial charge < -0.3 is 9.67 Å². The number of nitrogens with zero attached hydrogens (tertiary/aromatic N) is 4. The fourth-order valence-electron chi connectivity index (χ4n) is 1.89. The van der Waals surface area contributed by atoms with Crippen LogP contribution in [0.3, 0.4) is 0 Å². The van der Waals surface area contributed by atoms with Gasteiger partial charge in [-0.2, -0.15) is 0 Å². The molecule has 0 aliphatic rings. The van der Waals surface area contributed by atoms with Crippen LogP contribution in [0.1, 0.15) is 16.2 Å². The quantitative estimate of drug-likeness (QED) is 0.800. The lowest BCUT2D eigenvalue weighted by molar-refractivity contribution is 0.0692. The van der Waals surface area contributed by atoms with E-state index in [0.29, 0.717) is 10.2 Å². The molecule has 0 saturated carbocycles. The van der Waals surface area contributed by atoms with E-state index in [1.54, 1.807) is 10.6 Å². The molecule has 21 heavy (non-hydrogen) atoms. The minimum absolute atomic E-state index is 0.166. The van der Waals surface area contributed by atoms with Crippen LogP contribution in [-0.4, -0.2) is 30.8 Å². The normalized spacial score (nSPS) is 11.0. The van der Waals surface area contributed by atoms with E-state index in [4.69, 9.17) is 0 Å². The molecule has 3 aromatic rings. The minimum atomic E-state index is -1.00.